The van der Waals surface area contributed by atoms with Crippen molar-refractivity contribution in [2.45, 2.75) is 25.9 Å². The van der Waals surface area contributed by atoms with Gasteiger partial charge in [-0.1, -0.05) is 0 Å². The van der Waals surface area contributed by atoms with Gasteiger partial charge in [0.1, 0.15) is 17.5 Å². The first kappa shape index (κ1) is 15.5. The van der Waals surface area contributed by atoms with Crippen LogP contribution in [0.2, 0.25) is 0 Å². The Morgan fingerprint density at radius 3 is 3.00 bits per heavy atom. The largest absolute Gasteiger partial charge is 0.342 e. The minimum absolute atomic E-state index is 0.325. The van der Waals surface area contributed by atoms with Gasteiger partial charge < -0.3 is 15.2 Å². The first-order chi connectivity index (χ1) is 11.1. The van der Waals surface area contributed by atoms with E-state index in [2.05, 4.69) is 20.8 Å². The lowest BCUT2D eigenvalue weighted by atomic mass is 10.1. The molecule has 122 valence electrons. The molecule has 2 heterocycles. The van der Waals surface area contributed by atoms with E-state index in [1.54, 1.807) is 6.92 Å². The van der Waals surface area contributed by atoms with Gasteiger partial charge >= 0.3 is 0 Å². The first-order valence-electron chi connectivity index (χ1n) is 7.45. The van der Waals surface area contributed by atoms with Crippen LogP contribution in [0.3, 0.4) is 0 Å². The Balaban J connectivity index is 1.79. The molecule has 0 saturated heterocycles. The lowest BCUT2D eigenvalue weighted by Gasteiger charge is -2.15. The van der Waals surface area contributed by atoms with E-state index in [1.165, 1.54) is 0 Å². The fourth-order valence-corrected chi connectivity index (χ4v) is 2.62. The van der Waals surface area contributed by atoms with Crippen LogP contribution in [-0.4, -0.2) is 33.8 Å². The van der Waals surface area contributed by atoms with E-state index in [4.69, 9.17) is 0 Å². The van der Waals surface area contributed by atoms with Crippen molar-refractivity contribution >= 4 is 5.91 Å². The van der Waals surface area contributed by atoms with Gasteiger partial charge in [-0.2, -0.15) is 0 Å². The molecule has 1 aromatic carbocycles. The second kappa shape index (κ2) is 6.41. The molecule has 1 aliphatic heterocycles. The van der Waals surface area contributed by atoms with E-state index in [0.717, 1.165) is 43.5 Å². The summed E-state index contributed by atoms with van der Waals surface area (Å²) in [5.41, 5.74) is -0.325. The number of halogens is 2. The molecule has 2 aromatic rings. The number of carbonyl (C=O) groups excluding carboxylic acids is 1. The smallest absolute Gasteiger partial charge is 0.254 e. The number of rotatable bonds is 3. The summed E-state index contributed by atoms with van der Waals surface area (Å²) in [5, 5.41) is 14.2. The monoisotopic (exact) mass is 321 g/mol. The average molecular weight is 321 g/mol. The minimum Gasteiger partial charge on any atom is -0.342 e. The van der Waals surface area contributed by atoms with Gasteiger partial charge in [-0.25, -0.2) is 8.78 Å². The standard InChI is InChI=1S/C15H17F2N5O/c1-9(14-21-20-13-4-5-18-6-7-22(13)14)19-15(23)11-8-10(16)2-3-12(11)17/h2-3,8-9,18H,4-7H2,1H3,(H,19,23). The number of nitrogens with zero attached hydrogens (tertiary/aromatic N) is 3. The molecule has 1 aliphatic rings. The summed E-state index contributed by atoms with van der Waals surface area (Å²) in [6.45, 7) is 4.06. The first-order valence-corrected chi connectivity index (χ1v) is 7.45. The summed E-state index contributed by atoms with van der Waals surface area (Å²) in [6.07, 6.45) is 0.756. The van der Waals surface area contributed by atoms with Crippen LogP contribution in [0.5, 0.6) is 0 Å². The molecule has 1 amide bonds. The van der Waals surface area contributed by atoms with E-state index in [9.17, 15) is 13.6 Å². The van der Waals surface area contributed by atoms with Gasteiger partial charge in [-0.3, -0.25) is 4.79 Å². The van der Waals surface area contributed by atoms with Gasteiger partial charge in [0.05, 0.1) is 11.6 Å². The molecule has 0 radical (unpaired) electrons. The highest BCUT2D eigenvalue weighted by atomic mass is 19.1. The quantitative estimate of drug-likeness (QED) is 0.891. The van der Waals surface area contributed by atoms with Crippen LogP contribution in [0.25, 0.3) is 0 Å². The van der Waals surface area contributed by atoms with Crippen molar-refractivity contribution in [2.75, 3.05) is 13.1 Å². The predicted molar refractivity (Wildman–Crippen MR) is 78.8 cm³/mol. The Hall–Kier alpha value is -2.35. The van der Waals surface area contributed by atoms with Gasteiger partial charge in [-0.15, -0.1) is 10.2 Å². The molecule has 0 fully saturated rings. The van der Waals surface area contributed by atoms with Crippen molar-refractivity contribution in [1.82, 2.24) is 25.4 Å². The van der Waals surface area contributed by atoms with E-state index < -0.39 is 23.6 Å². The summed E-state index contributed by atoms with van der Waals surface area (Å²) in [6, 6.07) is 2.32. The highest BCUT2D eigenvalue weighted by Crippen LogP contribution is 2.16. The second-order valence-electron chi connectivity index (χ2n) is 5.45. The van der Waals surface area contributed by atoms with Crippen LogP contribution in [0.1, 0.15) is 35.0 Å². The lowest BCUT2D eigenvalue weighted by molar-refractivity contribution is 0.0933. The van der Waals surface area contributed by atoms with Gasteiger partial charge in [0.25, 0.3) is 5.91 Å². The van der Waals surface area contributed by atoms with Crippen molar-refractivity contribution in [1.29, 1.82) is 0 Å². The molecule has 1 atom stereocenters. The summed E-state index contributed by atoms with van der Waals surface area (Å²) < 4.78 is 28.8. The van der Waals surface area contributed by atoms with Crippen LogP contribution < -0.4 is 10.6 Å². The number of fused-ring (bicyclic) bond motifs is 1. The molecular formula is C15H17F2N5O. The maximum Gasteiger partial charge on any atom is 0.254 e. The molecule has 0 spiro atoms. The molecular weight excluding hydrogens is 304 g/mol. The predicted octanol–water partition coefficient (Wildman–Crippen LogP) is 1.19. The number of hydrogen-bond acceptors (Lipinski definition) is 4. The Morgan fingerprint density at radius 2 is 2.17 bits per heavy atom. The third-order valence-corrected chi connectivity index (χ3v) is 3.80. The molecule has 6 nitrogen and oxygen atoms in total. The normalized spacial score (nSPS) is 15.6. The Kier molecular flexibility index (Phi) is 4.33. The molecule has 0 aliphatic carbocycles. The van der Waals surface area contributed by atoms with Crippen LogP contribution in [0.15, 0.2) is 18.2 Å². The Bertz CT molecular complexity index is 731. The van der Waals surface area contributed by atoms with Crippen LogP contribution in [0, 0.1) is 11.6 Å². The van der Waals surface area contributed by atoms with Crippen molar-refractivity contribution < 1.29 is 13.6 Å². The van der Waals surface area contributed by atoms with Gasteiger partial charge in [0.2, 0.25) is 0 Å². The highest BCUT2D eigenvalue weighted by Gasteiger charge is 2.22. The van der Waals surface area contributed by atoms with E-state index in [0.29, 0.717) is 12.4 Å². The van der Waals surface area contributed by atoms with E-state index in [1.807, 2.05) is 4.57 Å². The number of hydrogen-bond donors (Lipinski definition) is 2. The topological polar surface area (TPSA) is 71.8 Å². The number of benzene rings is 1. The molecule has 23 heavy (non-hydrogen) atoms. The van der Waals surface area contributed by atoms with Crippen molar-refractivity contribution in [2.24, 2.45) is 0 Å². The van der Waals surface area contributed by atoms with Gasteiger partial charge in [-0.05, 0) is 25.1 Å². The molecule has 3 rings (SSSR count). The number of nitrogens with one attached hydrogen (secondary N) is 2. The van der Waals surface area contributed by atoms with E-state index >= 15 is 0 Å². The van der Waals surface area contributed by atoms with Crippen molar-refractivity contribution in [3.63, 3.8) is 0 Å². The zero-order valence-electron chi connectivity index (χ0n) is 12.6. The molecule has 0 saturated carbocycles. The molecule has 0 bridgehead atoms. The zero-order valence-corrected chi connectivity index (χ0v) is 12.6. The highest BCUT2D eigenvalue weighted by molar-refractivity contribution is 5.94. The summed E-state index contributed by atoms with van der Waals surface area (Å²) >= 11 is 0. The van der Waals surface area contributed by atoms with Crippen LogP contribution in [-0.2, 0) is 13.0 Å². The maximum absolute atomic E-state index is 13.7. The number of carbonyl (C=O) groups is 1. The second-order valence-corrected chi connectivity index (χ2v) is 5.45. The number of aromatic nitrogens is 3. The third-order valence-electron chi connectivity index (χ3n) is 3.80. The van der Waals surface area contributed by atoms with Crippen molar-refractivity contribution in [3.05, 3.63) is 47.0 Å². The Labute approximate surface area is 131 Å². The van der Waals surface area contributed by atoms with Crippen LogP contribution in [0.4, 0.5) is 8.78 Å². The van der Waals surface area contributed by atoms with Gasteiger partial charge in [0, 0.05) is 26.1 Å². The fourth-order valence-electron chi connectivity index (χ4n) is 2.62. The number of amides is 1. The van der Waals surface area contributed by atoms with Crippen molar-refractivity contribution in [3.8, 4) is 0 Å². The Morgan fingerprint density at radius 1 is 1.35 bits per heavy atom. The fraction of sp³-hybridized carbons (Fsp3) is 0.400. The van der Waals surface area contributed by atoms with Gasteiger partial charge in [0.15, 0.2) is 5.82 Å². The molecule has 2 N–H and O–H groups in total. The molecule has 1 unspecified atom stereocenters. The summed E-state index contributed by atoms with van der Waals surface area (Å²) in [5.74, 6) is -0.650. The molecule has 1 aromatic heterocycles. The van der Waals surface area contributed by atoms with Crippen LogP contribution >= 0.6 is 0 Å². The molecule has 8 heteroatoms. The third kappa shape index (κ3) is 3.21. The van der Waals surface area contributed by atoms with E-state index in [-0.39, 0.29) is 5.56 Å². The minimum atomic E-state index is -0.764. The average Bonchev–Trinajstić information content (AvgIpc) is 2.78. The summed E-state index contributed by atoms with van der Waals surface area (Å²) in [4.78, 5) is 12.2. The lowest BCUT2D eigenvalue weighted by Crippen LogP contribution is -2.30. The summed E-state index contributed by atoms with van der Waals surface area (Å²) in [7, 11) is 0. The maximum atomic E-state index is 13.7. The SMILES string of the molecule is CC(NC(=O)c1cc(F)ccc1F)c1nnc2n1CCNCC2. The zero-order chi connectivity index (χ0) is 16.4.